The van der Waals surface area contributed by atoms with Crippen molar-refractivity contribution >= 4 is 17.6 Å². The molecule has 104 valence electrons. The van der Waals surface area contributed by atoms with Crippen molar-refractivity contribution in [3.8, 4) is 5.75 Å². The average Bonchev–Trinajstić information content (AvgIpc) is 2.77. The minimum atomic E-state index is -0.0557. The van der Waals surface area contributed by atoms with Crippen LogP contribution in [-0.2, 0) is 0 Å². The van der Waals surface area contributed by atoms with Gasteiger partial charge < -0.3 is 20.7 Å². The molecule has 1 fully saturated rings. The fraction of sp³-hybridized carbons (Fsp3) is 0.462. The van der Waals surface area contributed by atoms with Crippen molar-refractivity contribution in [1.29, 1.82) is 0 Å². The largest absolute Gasteiger partial charge is 0.490 e. The monoisotopic (exact) mass is 283 g/mol. The van der Waals surface area contributed by atoms with E-state index >= 15 is 0 Å². The SMILES string of the molecule is CC(N)c1ccc(OCCN2CCNC2=O)c(Cl)c1. The molecule has 5 nitrogen and oxygen atoms in total. The topological polar surface area (TPSA) is 67.6 Å². The van der Waals surface area contributed by atoms with Gasteiger partial charge in [0.05, 0.1) is 11.6 Å². The number of benzene rings is 1. The second kappa shape index (κ2) is 6.12. The van der Waals surface area contributed by atoms with E-state index in [0.29, 0.717) is 30.5 Å². The van der Waals surface area contributed by atoms with E-state index in [0.717, 1.165) is 12.1 Å². The summed E-state index contributed by atoms with van der Waals surface area (Å²) in [6.07, 6.45) is 0. The van der Waals surface area contributed by atoms with E-state index < -0.39 is 0 Å². The predicted molar refractivity (Wildman–Crippen MR) is 74.5 cm³/mol. The van der Waals surface area contributed by atoms with E-state index in [2.05, 4.69) is 5.32 Å². The van der Waals surface area contributed by atoms with Gasteiger partial charge in [0.15, 0.2) is 0 Å². The summed E-state index contributed by atoms with van der Waals surface area (Å²) in [6.45, 7) is 4.29. The average molecular weight is 284 g/mol. The maximum Gasteiger partial charge on any atom is 0.317 e. The number of amides is 2. The smallest absolute Gasteiger partial charge is 0.317 e. The zero-order chi connectivity index (χ0) is 13.8. The summed E-state index contributed by atoms with van der Waals surface area (Å²) < 4.78 is 5.59. The van der Waals surface area contributed by atoms with Crippen molar-refractivity contribution in [3.63, 3.8) is 0 Å². The summed E-state index contributed by atoms with van der Waals surface area (Å²) in [6, 6.07) is 5.42. The molecule has 1 aromatic carbocycles. The first-order chi connectivity index (χ1) is 9.08. The van der Waals surface area contributed by atoms with Gasteiger partial charge in [-0.05, 0) is 24.6 Å². The first-order valence-corrected chi connectivity index (χ1v) is 6.66. The van der Waals surface area contributed by atoms with Crippen LogP contribution >= 0.6 is 11.6 Å². The van der Waals surface area contributed by atoms with E-state index in [4.69, 9.17) is 22.1 Å². The van der Waals surface area contributed by atoms with Gasteiger partial charge in [0, 0.05) is 19.1 Å². The Hall–Kier alpha value is -1.46. The molecule has 1 aliphatic rings. The molecule has 1 aliphatic heterocycles. The molecule has 3 N–H and O–H groups in total. The van der Waals surface area contributed by atoms with Gasteiger partial charge in [0.1, 0.15) is 12.4 Å². The lowest BCUT2D eigenvalue weighted by molar-refractivity contribution is 0.202. The lowest BCUT2D eigenvalue weighted by Gasteiger charge is -2.15. The normalized spacial score (nSPS) is 16.4. The number of hydrogen-bond donors (Lipinski definition) is 2. The molecule has 0 saturated carbocycles. The number of halogens is 1. The van der Waals surface area contributed by atoms with E-state index in [9.17, 15) is 4.79 Å². The van der Waals surface area contributed by atoms with Gasteiger partial charge in [-0.2, -0.15) is 0 Å². The molecular weight excluding hydrogens is 266 g/mol. The van der Waals surface area contributed by atoms with Gasteiger partial charge >= 0.3 is 6.03 Å². The number of rotatable bonds is 5. The van der Waals surface area contributed by atoms with Crippen LogP contribution in [0.5, 0.6) is 5.75 Å². The fourth-order valence-corrected chi connectivity index (χ4v) is 2.15. The highest BCUT2D eigenvalue weighted by Crippen LogP contribution is 2.27. The molecule has 1 heterocycles. The zero-order valence-corrected chi connectivity index (χ0v) is 11.6. The Labute approximate surface area is 117 Å². The second-order valence-electron chi connectivity index (χ2n) is 4.55. The first-order valence-electron chi connectivity index (χ1n) is 6.28. The molecule has 0 aliphatic carbocycles. The van der Waals surface area contributed by atoms with Crippen LogP contribution in [0.1, 0.15) is 18.5 Å². The third-order valence-corrected chi connectivity index (χ3v) is 3.34. The van der Waals surface area contributed by atoms with Gasteiger partial charge in [0.25, 0.3) is 0 Å². The van der Waals surface area contributed by atoms with Crippen LogP contribution < -0.4 is 15.8 Å². The quantitative estimate of drug-likeness (QED) is 0.865. The van der Waals surface area contributed by atoms with Gasteiger partial charge in [-0.25, -0.2) is 4.79 Å². The number of nitrogens with zero attached hydrogens (tertiary/aromatic N) is 1. The minimum Gasteiger partial charge on any atom is -0.490 e. The number of carbonyl (C=O) groups is 1. The van der Waals surface area contributed by atoms with Gasteiger partial charge in [0.2, 0.25) is 0 Å². The Bertz CT molecular complexity index is 465. The van der Waals surface area contributed by atoms with Crippen LogP contribution in [-0.4, -0.2) is 37.2 Å². The standard InChI is InChI=1S/C13H18ClN3O2/c1-9(15)10-2-3-12(11(14)8-10)19-7-6-17-5-4-16-13(17)18/h2-3,8-9H,4-7,15H2,1H3,(H,16,18). The molecule has 6 heteroatoms. The van der Waals surface area contributed by atoms with Crippen molar-refractivity contribution in [2.24, 2.45) is 5.73 Å². The molecule has 1 atom stereocenters. The van der Waals surface area contributed by atoms with Crippen LogP contribution in [0.2, 0.25) is 5.02 Å². The molecule has 1 unspecified atom stereocenters. The lowest BCUT2D eigenvalue weighted by Crippen LogP contribution is -2.31. The molecule has 1 aromatic rings. The zero-order valence-electron chi connectivity index (χ0n) is 10.9. The van der Waals surface area contributed by atoms with Crippen LogP contribution in [0.25, 0.3) is 0 Å². The number of nitrogens with one attached hydrogen (secondary N) is 1. The molecule has 2 amide bonds. The van der Waals surface area contributed by atoms with Gasteiger partial charge in [-0.1, -0.05) is 17.7 Å². The van der Waals surface area contributed by atoms with E-state index in [1.165, 1.54) is 0 Å². The van der Waals surface area contributed by atoms with Crippen molar-refractivity contribution in [1.82, 2.24) is 10.2 Å². The first kappa shape index (κ1) is 14.0. The molecule has 0 bridgehead atoms. The highest BCUT2D eigenvalue weighted by molar-refractivity contribution is 6.32. The maximum absolute atomic E-state index is 11.3. The molecule has 0 radical (unpaired) electrons. The van der Waals surface area contributed by atoms with E-state index in [-0.39, 0.29) is 12.1 Å². The van der Waals surface area contributed by atoms with E-state index in [1.807, 2.05) is 25.1 Å². The van der Waals surface area contributed by atoms with Crippen LogP contribution in [0.4, 0.5) is 4.79 Å². The number of ether oxygens (including phenoxy) is 1. The van der Waals surface area contributed by atoms with Gasteiger partial charge in [-0.3, -0.25) is 0 Å². The van der Waals surface area contributed by atoms with Crippen LogP contribution in [0.3, 0.4) is 0 Å². The summed E-state index contributed by atoms with van der Waals surface area (Å²) in [4.78, 5) is 13.0. The number of nitrogens with two attached hydrogens (primary N) is 1. The molecule has 0 spiro atoms. The lowest BCUT2D eigenvalue weighted by atomic mass is 10.1. The van der Waals surface area contributed by atoms with Crippen LogP contribution in [0, 0.1) is 0 Å². The van der Waals surface area contributed by atoms with Crippen molar-refractivity contribution in [2.45, 2.75) is 13.0 Å². The van der Waals surface area contributed by atoms with E-state index in [1.54, 1.807) is 4.90 Å². The Balaban J connectivity index is 1.87. The minimum absolute atomic E-state index is 0.0398. The van der Waals surface area contributed by atoms with Crippen LogP contribution in [0.15, 0.2) is 18.2 Å². The van der Waals surface area contributed by atoms with Crippen molar-refractivity contribution < 1.29 is 9.53 Å². The summed E-state index contributed by atoms with van der Waals surface area (Å²) in [5.74, 6) is 0.616. The Morgan fingerprint density at radius 2 is 2.37 bits per heavy atom. The predicted octanol–water partition coefficient (Wildman–Crippen LogP) is 1.76. The third-order valence-electron chi connectivity index (χ3n) is 3.05. The number of hydrogen-bond acceptors (Lipinski definition) is 3. The Morgan fingerprint density at radius 3 is 2.95 bits per heavy atom. The summed E-state index contributed by atoms with van der Waals surface area (Å²) >= 11 is 6.12. The molecule has 1 saturated heterocycles. The van der Waals surface area contributed by atoms with Crippen molar-refractivity contribution in [2.75, 3.05) is 26.2 Å². The molecule has 0 aromatic heterocycles. The number of carbonyl (C=O) groups excluding carboxylic acids is 1. The number of urea groups is 1. The highest BCUT2D eigenvalue weighted by atomic mass is 35.5. The molecule has 2 rings (SSSR count). The maximum atomic E-state index is 11.3. The summed E-state index contributed by atoms with van der Waals surface area (Å²) in [7, 11) is 0. The molecular formula is C13H18ClN3O2. The fourth-order valence-electron chi connectivity index (χ4n) is 1.91. The second-order valence-corrected chi connectivity index (χ2v) is 4.95. The van der Waals surface area contributed by atoms with Gasteiger partial charge in [-0.15, -0.1) is 0 Å². The Morgan fingerprint density at radius 1 is 1.58 bits per heavy atom. The van der Waals surface area contributed by atoms with Crippen molar-refractivity contribution in [3.05, 3.63) is 28.8 Å². The summed E-state index contributed by atoms with van der Waals surface area (Å²) in [5.41, 5.74) is 6.75. The Kier molecular flexibility index (Phi) is 4.50. The highest BCUT2D eigenvalue weighted by Gasteiger charge is 2.18. The summed E-state index contributed by atoms with van der Waals surface area (Å²) in [5, 5.41) is 3.28. The molecule has 19 heavy (non-hydrogen) atoms. The third kappa shape index (κ3) is 3.52.